The fraction of sp³-hybridized carbons (Fsp3) is 0.476. The molecule has 0 unspecified atom stereocenters. The number of hydrogen-bond donors (Lipinski definition) is 1. The molecule has 0 aliphatic carbocycles. The van der Waals surface area contributed by atoms with E-state index < -0.39 is 0 Å². The minimum atomic E-state index is -0.00274. The summed E-state index contributed by atoms with van der Waals surface area (Å²) in [5.41, 5.74) is 4.51. The Labute approximate surface area is 160 Å². The Morgan fingerprint density at radius 3 is 2.56 bits per heavy atom. The summed E-state index contributed by atoms with van der Waals surface area (Å²) in [6, 6.07) is 10.0. The van der Waals surface area contributed by atoms with Crippen LogP contribution in [-0.4, -0.2) is 47.1 Å². The van der Waals surface area contributed by atoms with E-state index in [1.807, 2.05) is 35.2 Å². The van der Waals surface area contributed by atoms with Gasteiger partial charge in [0, 0.05) is 44.8 Å². The normalized spacial score (nSPS) is 16.8. The maximum atomic E-state index is 12.6. The number of fused-ring (bicyclic) bond motifs is 1. The Balaban J connectivity index is 1.41. The Hall–Kier alpha value is -2.63. The van der Waals surface area contributed by atoms with Crippen molar-refractivity contribution in [3.63, 3.8) is 0 Å². The van der Waals surface area contributed by atoms with E-state index in [-0.39, 0.29) is 6.03 Å². The van der Waals surface area contributed by atoms with Crippen LogP contribution in [0.3, 0.4) is 0 Å². The average molecular weight is 365 g/mol. The third-order valence-corrected chi connectivity index (χ3v) is 5.50. The van der Waals surface area contributed by atoms with Crippen molar-refractivity contribution in [2.45, 2.75) is 39.2 Å². The number of nitrogens with one attached hydrogen (secondary N) is 1. The molecular formula is C21H27N5O. The Bertz CT molecular complexity index is 802. The van der Waals surface area contributed by atoms with Gasteiger partial charge in [-0.15, -0.1) is 0 Å². The molecule has 2 aromatic rings. The first kappa shape index (κ1) is 17.8. The second-order valence-corrected chi connectivity index (χ2v) is 7.36. The molecule has 0 radical (unpaired) electrons. The number of urea groups is 1. The van der Waals surface area contributed by atoms with Crippen LogP contribution in [0.5, 0.6) is 0 Å². The molecule has 6 heteroatoms. The molecule has 1 N–H and O–H groups in total. The molecular weight excluding hydrogens is 338 g/mol. The van der Waals surface area contributed by atoms with Crippen molar-refractivity contribution in [2.75, 3.05) is 31.1 Å². The third kappa shape index (κ3) is 4.04. The summed E-state index contributed by atoms with van der Waals surface area (Å²) in [7, 11) is 0. The predicted molar refractivity (Wildman–Crippen MR) is 106 cm³/mol. The lowest BCUT2D eigenvalue weighted by atomic mass is 10.1. The molecule has 2 amide bonds. The monoisotopic (exact) mass is 365 g/mol. The van der Waals surface area contributed by atoms with Gasteiger partial charge in [-0.1, -0.05) is 30.3 Å². The predicted octanol–water partition coefficient (Wildman–Crippen LogP) is 2.70. The van der Waals surface area contributed by atoms with Gasteiger partial charge in [0.2, 0.25) is 5.95 Å². The molecule has 3 heterocycles. The highest BCUT2D eigenvalue weighted by Crippen LogP contribution is 2.22. The summed E-state index contributed by atoms with van der Waals surface area (Å²) in [6.07, 6.45) is 4.04. The lowest BCUT2D eigenvalue weighted by Gasteiger charge is -2.20. The van der Waals surface area contributed by atoms with Crippen LogP contribution in [0, 0.1) is 6.92 Å². The molecule has 4 rings (SSSR count). The second-order valence-electron chi connectivity index (χ2n) is 7.36. The lowest BCUT2D eigenvalue weighted by Crippen LogP contribution is -2.41. The maximum absolute atomic E-state index is 12.6. The number of carbonyl (C=O) groups is 1. The van der Waals surface area contributed by atoms with E-state index in [1.165, 1.54) is 18.4 Å². The minimum absolute atomic E-state index is 0.00274. The number of aryl methyl sites for hydroxylation is 1. The summed E-state index contributed by atoms with van der Waals surface area (Å²) in [4.78, 5) is 26.4. The van der Waals surface area contributed by atoms with E-state index in [2.05, 4.69) is 17.1 Å². The van der Waals surface area contributed by atoms with Gasteiger partial charge in [-0.2, -0.15) is 0 Å². The summed E-state index contributed by atoms with van der Waals surface area (Å²) in [5.74, 6) is 0.866. The van der Waals surface area contributed by atoms with Crippen LogP contribution in [0.4, 0.5) is 10.7 Å². The highest BCUT2D eigenvalue weighted by atomic mass is 16.2. The fourth-order valence-electron chi connectivity index (χ4n) is 3.92. The molecule has 1 aromatic carbocycles. The van der Waals surface area contributed by atoms with Crippen LogP contribution >= 0.6 is 0 Å². The fourth-order valence-corrected chi connectivity index (χ4v) is 3.92. The van der Waals surface area contributed by atoms with Gasteiger partial charge < -0.3 is 15.1 Å². The third-order valence-electron chi connectivity index (χ3n) is 5.50. The quantitative estimate of drug-likeness (QED) is 0.908. The number of nitrogens with zero attached hydrogens (tertiary/aromatic N) is 4. The smallest absolute Gasteiger partial charge is 0.317 e. The molecule has 1 aromatic heterocycles. The zero-order valence-electron chi connectivity index (χ0n) is 15.9. The SMILES string of the molecule is Cc1nc(N2CCCC2)nc2c1CCN(C(=O)NCc1ccccc1)CC2. The first-order chi connectivity index (χ1) is 13.2. The van der Waals surface area contributed by atoms with E-state index in [9.17, 15) is 4.79 Å². The van der Waals surface area contributed by atoms with E-state index in [4.69, 9.17) is 9.97 Å². The molecule has 142 valence electrons. The van der Waals surface area contributed by atoms with Crippen molar-refractivity contribution in [2.24, 2.45) is 0 Å². The number of aromatic nitrogens is 2. The van der Waals surface area contributed by atoms with Crippen molar-refractivity contribution >= 4 is 12.0 Å². The topological polar surface area (TPSA) is 61.4 Å². The van der Waals surface area contributed by atoms with E-state index in [1.54, 1.807) is 0 Å². The molecule has 0 bridgehead atoms. The highest BCUT2D eigenvalue weighted by molar-refractivity contribution is 5.74. The lowest BCUT2D eigenvalue weighted by molar-refractivity contribution is 0.200. The van der Waals surface area contributed by atoms with Crippen molar-refractivity contribution in [1.82, 2.24) is 20.2 Å². The van der Waals surface area contributed by atoms with Gasteiger partial charge >= 0.3 is 6.03 Å². The highest BCUT2D eigenvalue weighted by Gasteiger charge is 2.23. The summed E-state index contributed by atoms with van der Waals surface area (Å²) >= 11 is 0. The molecule has 1 fully saturated rings. The van der Waals surface area contributed by atoms with E-state index >= 15 is 0 Å². The zero-order chi connectivity index (χ0) is 18.6. The van der Waals surface area contributed by atoms with Crippen molar-refractivity contribution in [3.05, 3.63) is 52.8 Å². The van der Waals surface area contributed by atoms with Crippen molar-refractivity contribution in [3.8, 4) is 0 Å². The van der Waals surface area contributed by atoms with Crippen molar-refractivity contribution < 1.29 is 4.79 Å². The van der Waals surface area contributed by atoms with Crippen LogP contribution in [0.25, 0.3) is 0 Å². The van der Waals surface area contributed by atoms with Crippen molar-refractivity contribution in [1.29, 1.82) is 0 Å². The molecule has 27 heavy (non-hydrogen) atoms. The van der Waals surface area contributed by atoms with Crippen LogP contribution in [0.15, 0.2) is 30.3 Å². The average Bonchev–Trinajstić information content (AvgIpc) is 3.14. The number of benzene rings is 1. The van der Waals surface area contributed by atoms with Gasteiger partial charge in [0.1, 0.15) is 0 Å². The van der Waals surface area contributed by atoms with Crippen LogP contribution < -0.4 is 10.2 Å². The molecule has 0 atom stereocenters. The first-order valence-corrected chi connectivity index (χ1v) is 9.89. The number of anilines is 1. The first-order valence-electron chi connectivity index (χ1n) is 9.89. The van der Waals surface area contributed by atoms with Gasteiger partial charge in [-0.3, -0.25) is 0 Å². The van der Waals surface area contributed by atoms with Gasteiger partial charge in [-0.25, -0.2) is 14.8 Å². The number of carbonyl (C=O) groups excluding carboxylic acids is 1. The molecule has 6 nitrogen and oxygen atoms in total. The number of hydrogen-bond acceptors (Lipinski definition) is 4. The van der Waals surface area contributed by atoms with E-state index in [0.717, 1.165) is 48.8 Å². The second kappa shape index (κ2) is 7.94. The summed E-state index contributed by atoms with van der Waals surface area (Å²) in [5, 5.41) is 3.04. The summed E-state index contributed by atoms with van der Waals surface area (Å²) < 4.78 is 0. The van der Waals surface area contributed by atoms with Gasteiger partial charge in [0.15, 0.2) is 0 Å². The molecule has 1 saturated heterocycles. The Morgan fingerprint density at radius 2 is 1.78 bits per heavy atom. The number of amides is 2. The minimum Gasteiger partial charge on any atom is -0.341 e. The van der Waals surface area contributed by atoms with Crippen LogP contribution in [0.2, 0.25) is 0 Å². The van der Waals surface area contributed by atoms with E-state index in [0.29, 0.717) is 19.6 Å². The van der Waals surface area contributed by atoms with Crippen LogP contribution in [0.1, 0.15) is 35.4 Å². The largest absolute Gasteiger partial charge is 0.341 e. The maximum Gasteiger partial charge on any atom is 0.317 e. The number of rotatable bonds is 3. The van der Waals surface area contributed by atoms with Gasteiger partial charge in [0.25, 0.3) is 0 Å². The standard InChI is InChI=1S/C21H27N5O/c1-16-18-9-13-26(21(27)22-15-17-7-3-2-4-8-17)14-10-19(18)24-20(23-16)25-11-5-6-12-25/h2-4,7-8H,5-6,9-15H2,1H3,(H,22,27). The Morgan fingerprint density at radius 1 is 1.04 bits per heavy atom. The van der Waals surface area contributed by atoms with Gasteiger partial charge in [-0.05, 0) is 37.3 Å². The molecule has 0 spiro atoms. The van der Waals surface area contributed by atoms with Crippen LogP contribution in [-0.2, 0) is 19.4 Å². The molecule has 2 aliphatic heterocycles. The Kier molecular flexibility index (Phi) is 5.23. The van der Waals surface area contributed by atoms with Gasteiger partial charge in [0.05, 0.1) is 5.69 Å². The zero-order valence-corrected chi connectivity index (χ0v) is 15.9. The molecule has 0 saturated carbocycles. The molecule has 2 aliphatic rings. The summed E-state index contributed by atoms with van der Waals surface area (Å²) in [6.45, 7) is 6.13.